The lowest BCUT2D eigenvalue weighted by molar-refractivity contribution is 0.417. The first kappa shape index (κ1) is 11.1. The van der Waals surface area contributed by atoms with Crippen LogP contribution in [0, 0.1) is 0 Å². The van der Waals surface area contributed by atoms with Gasteiger partial charge in [-0.2, -0.15) is 0 Å². The Bertz CT molecular complexity index is 590. The Labute approximate surface area is 107 Å². The molecule has 2 aromatic rings. The molecule has 0 unspecified atom stereocenters. The third-order valence-corrected chi connectivity index (χ3v) is 3.66. The smallest absolute Gasteiger partial charge is 0.141 e. The van der Waals surface area contributed by atoms with Gasteiger partial charge in [-0.1, -0.05) is 24.3 Å². The van der Waals surface area contributed by atoms with Crippen LogP contribution in [0.5, 0.6) is 5.75 Å². The second kappa shape index (κ2) is 4.37. The van der Waals surface area contributed by atoms with Gasteiger partial charge < -0.3 is 10.5 Å². The summed E-state index contributed by atoms with van der Waals surface area (Å²) in [4.78, 5) is 0. The van der Waals surface area contributed by atoms with Gasteiger partial charge in [0.1, 0.15) is 5.75 Å². The standard InChI is InChI=1S/C16H17NO/c1-18-16-8-7-14(10-15(16)17)13-6-5-11-3-2-4-12(11)9-13/h5-10H,2-4,17H2,1H3. The summed E-state index contributed by atoms with van der Waals surface area (Å²) in [6.45, 7) is 0. The normalized spacial score (nSPS) is 13.4. The molecule has 1 aliphatic rings. The third-order valence-electron chi connectivity index (χ3n) is 3.66. The van der Waals surface area contributed by atoms with Crippen LogP contribution in [-0.2, 0) is 12.8 Å². The van der Waals surface area contributed by atoms with Crippen LogP contribution in [0.15, 0.2) is 36.4 Å². The first-order valence-corrected chi connectivity index (χ1v) is 6.33. The molecule has 0 fully saturated rings. The summed E-state index contributed by atoms with van der Waals surface area (Å²) in [5, 5.41) is 0. The third kappa shape index (κ3) is 1.84. The van der Waals surface area contributed by atoms with Crippen molar-refractivity contribution in [2.45, 2.75) is 19.3 Å². The van der Waals surface area contributed by atoms with Gasteiger partial charge in [-0.05, 0) is 53.6 Å². The first-order valence-electron chi connectivity index (χ1n) is 6.33. The summed E-state index contributed by atoms with van der Waals surface area (Å²) < 4.78 is 5.18. The zero-order valence-electron chi connectivity index (χ0n) is 10.6. The molecular weight excluding hydrogens is 222 g/mol. The SMILES string of the molecule is COc1ccc(-c2ccc3c(c2)CCC3)cc1N. The van der Waals surface area contributed by atoms with Gasteiger partial charge in [-0.15, -0.1) is 0 Å². The highest BCUT2D eigenvalue weighted by atomic mass is 16.5. The lowest BCUT2D eigenvalue weighted by atomic mass is 10.00. The van der Waals surface area contributed by atoms with Crippen molar-refractivity contribution in [2.75, 3.05) is 12.8 Å². The zero-order chi connectivity index (χ0) is 12.5. The molecule has 2 nitrogen and oxygen atoms in total. The fourth-order valence-electron chi connectivity index (χ4n) is 2.67. The van der Waals surface area contributed by atoms with Gasteiger partial charge in [0.2, 0.25) is 0 Å². The number of nitrogen functional groups attached to an aromatic ring is 1. The predicted molar refractivity (Wildman–Crippen MR) is 74.9 cm³/mol. The number of anilines is 1. The molecule has 2 heteroatoms. The number of aryl methyl sites for hydroxylation is 2. The van der Waals surface area contributed by atoms with Gasteiger partial charge in [0.15, 0.2) is 0 Å². The largest absolute Gasteiger partial charge is 0.495 e. The van der Waals surface area contributed by atoms with E-state index >= 15 is 0 Å². The van der Waals surface area contributed by atoms with Crippen molar-refractivity contribution in [2.24, 2.45) is 0 Å². The number of hydrogen-bond acceptors (Lipinski definition) is 2. The minimum Gasteiger partial charge on any atom is -0.495 e. The van der Waals surface area contributed by atoms with Gasteiger partial charge in [0.25, 0.3) is 0 Å². The second-order valence-electron chi connectivity index (χ2n) is 4.79. The fourth-order valence-corrected chi connectivity index (χ4v) is 2.67. The molecule has 0 heterocycles. The summed E-state index contributed by atoms with van der Waals surface area (Å²) in [7, 11) is 1.64. The average molecular weight is 239 g/mol. The summed E-state index contributed by atoms with van der Waals surface area (Å²) in [6, 6.07) is 12.7. The minimum atomic E-state index is 0.690. The number of nitrogens with two attached hydrogens (primary N) is 1. The van der Waals surface area contributed by atoms with E-state index in [-0.39, 0.29) is 0 Å². The molecule has 0 bridgehead atoms. The molecule has 0 saturated carbocycles. The quantitative estimate of drug-likeness (QED) is 0.815. The van der Waals surface area contributed by atoms with Crippen molar-refractivity contribution in [1.82, 2.24) is 0 Å². The van der Waals surface area contributed by atoms with Crippen molar-refractivity contribution in [1.29, 1.82) is 0 Å². The Balaban J connectivity index is 2.02. The molecule has 3 rings (SSSR count). The molecule has 0 saturated heterocycles. The number of fused-ring (bicyclic) bond motifs is 1. The maximum absolute atomic E-state index is 5.96. The molecule has 0 spiro atoms. The molecule has 2 N–H and O–H groups in total. The lowest BCUT2D eigenvalue weighted by Crippen LogP contribution is -1.93. The second-order valence-corrected chi connectivity index (χ2v) is 4.79. The van der Waals surface area contributed by atoms with Crippen LogP contribution in [0.2, 0.25) is 0 Å². The molecule has 0 aromatic heterocycles. The Hall–Kier alpha value is -1.96. The van der Waals surface area contributed by atoms with Crippen LogP contribution in [0.4, 0.5) is 5.69 Å². The van der Waals surface area contributed by atoms with Gasteiger partial charge in [0.05, 0.1) is 12.8 Å². The van der Waals surface area contributed by atoms with E-state index in [1.165, 1.54) is 36.0 Å². The number of hydrogen-bond donors (Lipinski definition) is 1. The molecular formula is C16H17NO. The maximum atomic E-state index is 5.96. The minimum absolute atomic E-state index is 0.690. The fraction of sp³-hybridized carbons (Fsp3) is 0.250. The zero-order valence-corrected chi connectivity index (χ0v) is 10.6. The Morgan fingerprint density at radius 3 is 2.44 bits per heavy atom. The molecule has 18 heavy (non-hydrogen) atoms. The molecule has 92 valence electrons. The van der Waals surface area contributed by atoms with E-state index in [9.17, 15) is 0 Å². The van der Waals surface area contributed by atoms with Gasteiger partial charge in [-0.25, -0.2) is 0 Å². The van der Waals surface area contributed by atoms with Crippen molar-refractivity contribution < 1.29 is 4.74 Å². The highest BCUT2D eigenvalue weighted by molar-refractivity contribution is 5.71. The summed E-state index contributed by atoms with van der Waals surface area (Å²) >= 11 is 0. The van der Waals surface area contributed by atoms with E-state index in [0.717, 1.165) is 11.3 Å². The molecule has 0 aliphatic heterocycles. The average Bonchev–Trinajstić information content (AvgIpc) is 2.85. The van der Waals surface area contributed by atoms with E-state index in [2.05, 4.69) is 24.3 Å². The number of benzene rings is 2. The van der Waals surface area contributed by atoms with Crippen LogP contribution in [0.1, 0.15) is 17.5 Å². The molecule has 0 atom stereocenters. The van der Waals surface area contributed by atoms with Crippen LogP contribution in [-0.4, -0.2) is 7.11 Å². The van der Waals surface area contributed by atoms with Crippen molar-refractivity contribution in [3.05, 3.63) is 47.5 Å². The Kier molecular flexibility index (Phi) is 2.71. The van der Waals surface area contributed by atoms with Gasteiger partial charge in [0, 0.05) is 0 Å². The van der Waals surface area contributed by atoms with Crippen molar-refractivity contribution in [3.63, 3.8) is 0 Å². The van der Waals surface area contributed by atoms with E-state index in [4.69, 9.17) is 10.5 Å². The Morgan fingerprint density at radius 2 is 1.67 bits per heavy atom. The van der Waals surface area contributed by atoms with E-state index < -0.39 is 0 Å². The van der Waals surface area contributed by atoms with E-state index in [1.807, 2.05) is 12.1 Å². The maximum Gasteiger partial charge on any atom is 0.141 e. The lowest BCUT2D eigenvalue weighted by Gasteiger charge is -2.09. The van der Waals surface area contributed by atoms with Crippen LogP contribution >= 0.6 is 0 Å². The molecule has 0 radical (unpaired) electrons. The van der Waals surface area contributed by atoms with Gasteiger partial charge in [-0.3, -0.25) is 0 Å². The van der Waals surface area contributed by atoms with Crippen molar-refractivity contribution >= 4 is 5.69 Å². The number of ether oxygens (including phenoxy) is 1. The van der Waals surface area contributed by atoms with Crippen LogP contribution in [0.25, 0.3) is 11.1 Å². The summed E-state index contributed by atoms with van der Waals surface area (Å²) in [6.07, 6.45) is 3.71. The topological polar surface area (TPSA) is 35.2 Å². The Morgan fingerprint density at radius 1 is 0.944 bits per heavy atom. The summed E-state index contributed by atoms with van der Waals surface area (Å²) in [5.41, 5.74) is 12.0. The van der Waals surface area contributed by atoms with Crippen LogP contribution < -0.4 is 10.5 Å². The highest BCUT2D eigenvalue weighted by Gasteiger charge is 2.11. The highest BCUT2D eigenvalue weighted by Crippen LogP contribution is 2.31. The van der Waals surface area contributed by atoms with E-state index in [0.29, 0.717) is 5.69 Å². The predicted octanol–water partition coefficient (Wildman–Crippen LogP) is 3.43. The monoisotopic (exact) mass is 239 g/mol. The van der Waals surface area contributed by atoms with E-state index in [1.54, 1.807) is 7.11 Å². The summed E-state index contributed by atoms with van der Waals surface area (Å²) in [5.74, 6) is 0.736. The molecule has 2 aromatic carbocycles. The molecule has 0 amide bonds. The first-order chi connectivity index (χ1) is 8.78. The number of rotatable bonds is 2. The van der Waals surface area contributed by atoms with Crippen LogP contribution in [0.3, 0.4) is 0 Å². The van der Waals surface area contributed by atoms with Crippen molar-refractivity contribution in [3.8, 4) is 16.9 Å². The molecule has 1 aliphatic carbocycles. The van der Waals surface area contributed by atoms with Gasteiger partial charge >= 0.3 is 0 Å². The number of methoxy groups -OCH3 is 1.